The van der Waals surface area contributed by atoms with Gasteiger partial charge in [0.15, 0.2) is 5.82 Å². The molecule has 0 atom stereocenters. The Labute approximate surface area is 118 Å². The lowest BCUT2D eigenvalue weighted by Crippen LogP contribution is -1.98. The van der Waals surface area contributed by atoms with Crippen LogP contribution < -0.4 is 5.32 Å². The van der Waals surface area contributed by atoms with Crippen molar-refractivity contribution in [3.05, 3.63) is 60.7 Å². The Bertz CT molecular complexity index is 672. The van der Waals surface area contributed by atoms with E-state index in [4.69, 9.17) is 0 Å². The summed E-state index contributed by atoms with van der Waals surface area (Å²) < 4.78 is 0. The molecule has 0 bridgehead atoms. The second-order valence-corrected chi connectivity index (χ2v) is 4.58. The summed E-state index contributed by atoms with van der Waals surface area (Å²) in [6, 6.07) is 20.6. The van der Waals surface area contributed by atoms with E-state index in [9.17, 15) is 0 Å². The van der Waals surface area contributed by atoms with Gasteiger partial charge in [0.2, 0.25) is 0 Å². The molecule has 3 aromatic rings. The van der Waals surface area contributed by atoms with Gasteiger partial charge in [-0.25, -0.2) is 0 Å². The number of nitrogens with zero attached hydrogens (tertiary/aromatic N) is 1. The molecule has 2 N–H and O–H groups in total. The van der Waals surface area contributed by atoms with E-state index in [1.807, 2.05) is 36.4 Å². The molecule has 2 aromatic carbocycles. The van der Waals surface area contributed by atoms with Crippen LogP contribution in [0.5, 0.6) is 0 Å². The van der Waals surface area contributed by atoms with Gasteiger partial charge in [-0.2, -0.15) is 5.10 Å². The van der Waals surface area contributed by atoms with Crippen LogP contribution in [0.25, 0.3) is 22.4 Å². The Kier molecular flexibility index (Phi) is 3.50. The summed E-state index contributed by atoms with van der Waals surface area (Å²) in [5, 5.41) is 10.9. The first kappa shape index (κ1) is 12.5. The average molecular weight is 263 g/mol. The minimum absolute atomic E-state index is 0.846. The molecule has 0 spiro atoms. The van der Waals surface area contributed by atoms with E-state index in [1.165, 1.54) is 0 Å². The number of nitrogens with one attached hydrogen (secondary N) is 2. The normalized spacial score (nSPS) is 10.4. The van der Waals surface area contributed by atoms with Crippen LogP contribution in [-0.4, -0.2) is 16.7 Å². The molecule has 3 heteroatoms. The zero-order valence-electron chi connectivity index (χ0n) is 11.4. The summed E-state index contributed by atoms with van der Waals surface area (Å²) in [4.78, 5) is 0. The SMILES string of the molecule is CCNc1n[nH]c(-c2ccccc2)c1-c1ccccc1. The zero-order valence-corrected chi connectivity index (χ0v) is 11.4. The van der Waals surface area contributed by atoms with Crippen LogP contribution in [0, 0.1) is 0 Å². The van der Waals surface area contributed by atoms with Crippen molar-refractivity contribution in [3.63, 3.8) is 0 Å². The van der Waals surface area contributed by atoms with Gasteiger partial charge in [-0.15, -0.1) is 0 Å². The van der Waals surface area contributed by atoms with Gasteiger partial charge in [-0.1, -0.05) is 60.7 Å². The molecule has 0 saturated carbocycles. The highest BCUT2D eigenvalue weighted by atomic mass is 15.2. The largest absolute Gasteiger partial charge is 0.368 e. The maximum Gasteiger partial charge on any atom is 0.156 e. The molecule has 3 rings (SSSR count). The first-order valence-corrected chi connectivity index (χ1v) is 6.83. The predicted molar refractivity (Wildman–Crippen MR) is 83.6 cm³/mol. The van der Waals surface area contributed by atoms with Crippen LogP contribution in [0.1, 0.15) is 6.92 Å². The van der Waals surface area contributed by atoms with E-state index >= 15 is 0 Å². The van der Waals surface area contributed by atoms with Crippen molar-refractivity contribution in [1.82, 2.24) is 10.2 Å². The predicted octanol–water partition coefficient (Wildman–Crippen LogP) is 4.18. The molecular weight excluding hydrogens is 246 g/mol. The quantitative estimate of drug-likeness (QED) is 0.741. The third-order valence-electron chi connectivity index (χ3n) is 3.24. The molecule has 3 nitrogen and oxygen atoms in total. The van der Waals surface area contributed by atoms with Crippen LogP contribution >= 0.6 is 0 Å². The van der Waals surface area contributed by atoms with Gasteiger partial charge in [0, 0.05) is 12.1 Å². The highest BCUT2D eigenvalue weighted by Crippen LogP contribution is 2.35. The number of hydrogen-bond acceptors (Lipinski definition) is 2. The zero-order chi connectivity index (χ0) is 13.8. The first-order valence-electron chi connectivity index (χ1n) is 6.83. The Morgan fingerprint density at radius 3 is 2.10 bits per heavy atom. The number of H-pyrrole nitrogens is 1. The Balaban J connectivity index is 2.17. The summed E-state index contributed by atoms with van der Waals surface area (Å²) in [5.74, 6) is 0.901. The molecule has 20 heavy (non-hydrogen) atoms. The van der Waals surface area contributed by atoms with E-state index < -0.39 is 0 Å². The Morgan fingerprint density at radius 1 is 0.900 bits per heavy atom. The lowest BCUT2D eigenvalue weighted by molar-refractivity contribution is 1.07. The molecule has 0 aliphatic heterocycles. The molecule has 0 unspecified atom stereocenters. The first-order chi connectivity index (χ1) is 9.90. The van der Waals surface area contributed by atoms with E-state index in [0.29, 0.717) is 0 Å². The van der Waals surface area contributed by atoms with Crippen molar-refractivity contribution < 1.29 is 0 Å². The number of rotatable bonds is 4. The van der Waals surface area contributed by atoms with Gasteiger partial charge < -0.3 is 5.32 Å². The van der Waals surface area contributed by atoms with E-state index in [1.54, 1.807) is 0 Å². The molecule has 0 aliphatic rings. The van der Waals surface area contributed by atoms with E-state index in [0.717, 1.165) is 34.7 Å². The van der Waals surface area contributed by atoms with Gasteiger partial charge in [-0.3, -0.25) is 5.10 Å². The standard InChI is InChI=1S/C17H17N3/c1-2-18-17-15(13-9-5-3-6-10-13)16(19-20-17)14-11-7-4-8-12-14/h3-12H,2H2,1H3,(H2,18,19,20). The van der Waals surface area contributed by atoms with Crippen LogP contribution in [0.2, 0.25) is 0 Å². The number of hydrogen-bond donors (Lipinski definition) is 2. The maximum absolute atomic E-state index is 4.42. The minimum atomic E-state index is 0.846. The van der Waals surface area contributed by atoms with E-state index in [-0.39, 0.29) is 0 Å². The van der Waals surface area contributed by atoms with Gasteiger partial charge in [0.25, 0.3) is 0 Å². The topological polar surface area (TPSA) is 40.7 Å². The van der Waals surface area contributed by atoms with E-state index in [2.05, 4.69) is 46.7 Å². The highest BCUT2D eigenvalue weighted by molar-refractivity contribution is 5.88. The number of anilines is 1. The number of aromatic amines is 1. The fourth-order valence-electron chi connectivity index (χ4n) is 2.34. The fourth-order valence-corrected chi connectivity index (χ4v) is 2.34. The molecule has 0 radical (unpaired) electrons. The second-order valence-electron chi connectivity index (χ2n) is 4.58. The maximum atomic E-state index is 4.42. The second kappa shape index (κ2) is 5.61. The van der Waals surface area contributed by atoms with Gasteiger partial charge >= 0.3 is 0 Å². The fraction of sp³-hybridized carbons (Fsp3) is 0.118. The van der Waals surface area contributed by atoms with Crippen LogP contribution in [0.15, 0.2) is 60.7 Å². The van der Waals surface area contributed by atoms with Gasteiger partial charge in [-0.05, 0) is 12.5 Å². The smallest absolute Gasteiger partial charge is 0.156 e. The molecule has 0 fully saturated rings. The number of benzene rings is 2. The lowest BCUT2D eigenvalue weighted by Gasteiger charge is -2.07. The summed E-state index contributed by atoms with van der Waals surface area (Å²) in [6.07, 6.45) is 0. The monoisotopic (exact) mass is 263 g/mol. The summed E-state index contributed by atoms with van der Waals surface area (Å²) >= 11 is 0. The molecule has 100 valence electrons. The molecule has 0 amide bonds. The van der Waals surface area contributed by atoms with Crippen LogP contribution in [-0.2, 0) is 0 Å². The average Bonchev–Trinajstić information content (AvgIpc) is 2.93. The molecule has 0 saturated heterocycles. The molecular formula is C17H17N3. The third kappa shape index (κ3) is 2.30. The Morgan fingerprint density at radius 2 is 1.50 bits per heavy atom. The van der Waals surface area contributed by atoms with Crippen LogP contribution in [0.3, 0.4) is 0 Å². The summed E-state index contributed by atoms with van der Waals surface area (Å²) in [6.45, 7) is 2.92. The molecule has 1 aromatic heterocycles. The van der Waals surface area contributed by atoms with Crippen molar-refractivity contribution in [2.24, 2.45) is 0 Å². The van der Waals surface area contributed by atoms with Gasteiger partial charge in [0.1, 0.15) is 0 Å². The minimum Gasteiger partial charge on any atom is -0.368 e. The Hall–Kier alpha value is -2.55. The lowest BCUT2D eigenvalue weighted by atomic mass is 10.0. The van der Waals surface area contributed by atoms with Crippen molar-refractivity contribution in [1.29, 1.82) is 0 Å². The highest BCUT2D eigenvalue weighted by Gasteiger charge is 2.15. The van der Waals surface area contributed by atoms with Crippen LogP contribution in [0.4, 0.5) is 5.82 Å². The molecule has 1 heterocycles. The van der Waals surface area contributed by atoms with Crippen molar-refractivity contribution in [3.8, 4) is 22.4 Å². The molecule has 0 aliphatic carbocycles. The van der Waals surface area contributed by atoms with Crippen molar-refractivity contribution in [2.45, 2.75) is 6.92 Å². The third-order valence-corrected chi connectivity index (χ3v) is 3.24. The summed E-state index contributed by atoms with van der Waals surface area (Å²) in [5.41, 5.74) is 4.48. The van der Waals surface area contributed by atoms with Gasteiger partial charge in [0.05, 0.1) is 11.3 Å². The van der Waals surface area contributed by atoms with Crippen molar-refractivity contribution in [2.75, 3.05) is 11.9 Å². The number of aromatic nitrogens is 2. The van der Waals surface area contributed by atoms with Crippen molar-refractivity contribution >= 4 is 5.82 Å². The summed E-state index contributed by atoms with van der Waals surface area (Å²) in [7, 11) is 0.